The molecule has 0 amide bonds. The van der Waals surface area contributed by atoms with Crippen LogP contribution in [0.5, 0.6) is 11.5 Å². The molecule has 2 aromatic rings. The summed E-state index contributed by atoms with van der Waals surface area (Å²) in [4.78, 5) is 0. The van der Waals surface area contributed by atoms with Crippen LogP contribution in [0.25, 0.3) is 11.1 Å². The number of hydrogen-bond donors (Lipinski definition) is 2. The van der Waals surface area contributed by atoms with Crippen molar-refractivity contribution in [1.82, 2.24) is 0 Å². The largest absolute Gasteiger partial charge is 0.508 e. The third kappa shape index (κ3) is 2.56. The fourth-order valence-corrected chi connectivity index (χ4v) is 1.61. The Morgan fingerprint density at radius 1 is 0.722 bits per heavy atom. The lowest BCUT2D eigenvalue weighted by atomic mass is 10.0. The first kappa shape index (κ1) is 12.3. The molecular weight excluding hydrogens is 245 g/mol. The number of phenolic OH excluding ortho intramolecular Hbond substituents is 2. The van der Waals surface area contributed by atoms with Crippen LogP contribution in [-0.2, 0) is 6.18 Å². The number of hydrogen-bond acceptors (Lipinski definition) is 2. The van der Waals surface area contributed by atoms with Crippen molar-refractivity contribution in [3.8, 4) is 22.6 Å². The minimum atomic E-state index is -4.38. The van der Waals surface area contributed by atoms with Crippen LogP contribution in [0.15, 0.2) is 42.5 Å². The van der Waals surface area contributed by atoms with E-state index < -0.39 is 11.7 Å². The van der Waals surface area contributed by atoms with Crippen molar-refractivity contribution in [3.63, 3.8) is 0 Å². The number of alkyl halides is 3. The van der Waals surface area contributed by atoms with Gasteiger partial charge in [0.25, 0.3) is 0 Å². The van der Waals surface area contributed by atoms with Crippen LogP contribution in [0.1, 0.15) is 5.56 Å². The summed E-state index contributed by atoms with van der Waals surface area (Å²) in [5, 5.41) is 18.6. The topological polar surface area (TPSA) is 40.5 Å². The Labute approximate surface area is 101 Å². The maximum Gasteiger partial charge on any atom is 0.416 e. The van der Waals surface area contributed by atoms with E-state index in [-0.39, 0.29) is 11.5 Å². The first-order valence-electron chi connectivity index (χ1n) is 5.07. The summed E-state index contributed by atoms with van der Waals surface area (Å²) in [5.41, 5.74) is 0.186. The molecule has 0 unspecified atom stereocenters. The molecular formula is C13H9F3O2. The Hall–Kier alpha value is -2.17. The predicted octanol–water partition coefficient (Wildman–Crippen LogP) is 3.78. The minimum Gasteiger partial charge on any atom is -0.508 e. The molecule has 2 rings (SSSR count). The minimum absolute atomic E-state index is 0.148. The Balaban J connectivity index is 2.40. The standard InChI is InChI=1S/C13H9F3O2/c14-13(15,16)10-3-1-8(2-4-10)9-5-11(17)7-12(18)6-9/h1-7,17-18H. The van der Waals surface area contributed by atoms with Gasteiger partial charge in [0.2, 0.25) is 0 Å². The molecule has 2 aromatic carbocycles. The summed E-state index contributed by atoms with van der Waals surface area (Å²) >= 11 is 0. The third-order valence-electron chi connectivity index (χ3n) is 2.45. The molecule has 0 bridgehead atoms. The first-order valence-corrected chi connectivity index (χ1v) is 5.07. The molecule has 0 heterocycles. The van der Waals surface area contributed by atoms with Crippen molar-refractivity contribution in [3.05, 3.63) is 48.0 Å². The molecule has 0 spiro atoms. The summed E-state index contributed by atoms with van der Waals surface area (Å²) in [5.74, 6) is -0.296. The summed E-state index contributed by atoms with van der Waals surface area (Å²) in [6.07, 6.45) is -4.38. The van der Waals surface area contributed by atoms with Crippen molar-refractivity contribution in [2.75, 3.05) is 0 Å². The highest BCUT2D eigenvalue weighted by Crippen LogP contribution is 2.32. The fourth-order valence-electron chi connectivity index (χ4n) is 1.61. The SMILES string of the molecule is Oc1cc(O)cc(-c2ccc(C(F)(F)F)cc2)c1. The van der Waals surface area contributed by atoms with Crippen molar-refractivity contribution in [2.45, 2.75) is 6.18 Å². The van der Waals surface area contributed by atoms with Gasteiger partial charge in [0.05, 0.1) is 5.56 Å². The van der Waals surface area contributed by atoms with E-state index in [1.807, 2.05) is 0 Å². The van der Waals surface area contributed by atoms with E-state index in [2.05, 4.69) is 0 Å². The molecule has 94 valence electrons. The summed E-state index contributed by atoms with van der Waals surface area (Å²) < 4.78 is 37.1. The predicted molar refractivity (Wildman–Crippen MR) is 60.2 cm³/mol. The van der Waals surface area contributed by atoms with Crippen molar-refractivity contribution < 1.29 is 23.4 Å². The van der Waals surface area contributed by atoms with Gasteiger partial charge in [-0.3, -0.25) is 0 Å². The number of phenols is 2. The molecule has 0 saturated heterocycles. The summed E-state index contributed by atoms with van der Waals surface area (Å²) in [7, 11) is 0. The zero-order valence-electron chi connectivity index (χ0n) is 9.07. The van der Waals surface area contributed by atoms with Gasteiger partial charge in [0.1, 0.15) is 11.5 Å². The Bertz CT molecular complexity index is 539. The third-order valence-corrected chi connectivity index (χ3v) is 2.45. The van der Waals surface area contributed by atoms with Gasteiger partial charge in [-0.1, -0.05) is 12.1 Å². The van der Waals surface area contributed by atoms with Crippen LogP contribution in [0.3, 0.4) is 0 Å². The van der Waals surface area contributed by atoms with E-state index in [1.54, 1.807) is 0 Å². The van der Waals surface area contributed by atoms with Crippen LogP contribution < -0.4 is 0 Å². The van der Waals surface area contributed by atoms with Crippen LogP contribution in [0.2, 0.25) is 0 Å². The van der Waals surface area contributed by atoms with Gasteiger partial charge in [-0.05, 0) is 35.4 Å². The molecule has 2 nitrogen and oxygen atoms in total. The normalized spacial score (nSPS) is 11.5. The van der Waals surface area contributed by atoms with Crippen molar-refractivity contribution >= 4 is 0 Å². The summed E-state index contributed by atoms with van der Waals surface area (Å²) in [6.45, 7) is 0. The molecule has 0 saturated carbocycles. The average Bonchev–Trinajstić information content (AvgIpc) is 2.27. The van der Waals surface area contributed by atoms with E-state index in [9.17, 15) is 23.4 Å². The first-order chi connectivity index (χ1) is 8.36. The maximum atomic E-state index is 12.4. The van der Waals surface area contributed by atoms with E-state index in [1.165, 1.54) is 24.3 Å². The fraction of sp³-hybridized carbons (Fsp3) is 0.0769. The monoisotopic (exact) mass is 254 g/mol. The van der Waals surface area contributed by atoms with E-state index in [0.29, 0.717) is 11.1 Å². The lowest BCUT2D eigenvalue weighted by Crippen LogP contribution is -2.03. The second-order valence-corrected chi connectivity index (χ2v) is 3.81. The average molecular weight is 254 g/mol. The van der Waals surface area contributed by atoms with E-state index >= 15 is 0 Å². The quantitative estimate of drug-likeness (QED) is 0.812. The highest BCUT2D eigenvalue weighted by atomic mass is 19.4. The van der Waals surface area contributed by atoms with Crippen LogP contribution >= 0.6 is 0 Å². The van der Waals surface area contributed by atoms with Gasteiger partial charge in [0, 0.05) is 6.07 Å². The molecule has 18 heavy (non-hydrogen) atoms. The Morgan fingerprint density at radius 2 is 1.22 bits per heavy atom. The Kier molecular flexibility index (Phi) is 2.90. The van der Waals surface area contributed by atoms with Crippen LogP contribution in [0, 0.1) is 0 Å². The van der Waals surface area contributed by atoms with E-state index in [0.717, 1.165) is 18.2 Å². The molecule has 0 fully saturated rings. The second kappa shape index (κ2) is 4.25. The number of aromatic hydroxyl groups is 2. The van der Waals surface area contributed by atoms with Crippen LogP contribution in [-0.4, -0.2) is 10.2 Å². The maximum absolute atomic E-state index is 12.4. The van der Waals surface area contributed by atoms with Gasteiger partial charge in [-0.15, -0.1) is 0 Å². The highest BCUT2D eigenvalue weighted by Gasteiger charge is 2.29. The summed E-state index contributed by atoms with van der Waals surface area (Å²) in [6, 6.07) is 8.36. The molecule has 0 radical (unpaired) electrons. The van der Waals surface area contributed by atoms with Gasteiger partial charge in [-0.2, -0.15) is 13.2 Å². The van der Waals surface area contributed by atoms with Crippen molar-refractivity contribution in [1.29, 1.82) is 0 Å². The second-order valence-electron chi connectivity index (χ2n) is 3.81. The van der Waals surface area contributed by atoms with Crippen molar-refractivity contribution in [2.24, 2.45) is 0 Å². The highest BCUT2D eigenvalue weighted by molar-refractivity contribution is 5.67. The Morgan fingerprint density at radius 3 is 1.67 bits per heavy atom. The number of rotatable bonds is 1. The molecule has 5 heteroatoms. The van der Waals surface area contributed by atoms with Gasteiger partial charge >= 0.3 is 6.18 Å². The molecule has 0 aliphatic carbocycles. The van der Waals surface area contributed by atoms with Gasteiger partial charge in [-0.25, -0.2) is 0 Å². The zero-order chi connectivity index (χ0) is 13.3. The lowest BCUT2D eigenvalue weighted by Gasteiger charge is -2.08. The van der Waals surface area contributed by atoms with Gasteiger partial charge < -0.3 is 10.2 Å². The number of benzene rings is 2. The molecule has 0 aliphatic heterocycles. The van der Waals surface area contributed by atoms with E-state index in [4.69, 9.17) is 0 Å². The van der Waals surface area contributed by atoms with Crippen LogP contribution in [0.4, 0.5) is 13.2 Å². The smallest absolute Gasteiger partial charge is 0.416 e. The zero-order valence-corrected chi connectivity index (χ0v) is 9.07. The number of halogens is 3. The molecule has 0 aromatic heterocycles. The van der Waals surface area contributed by atoms with Gasteiger partial charge in [0.15, 0.2) is 0 Å². The molecule has 0 atom stereocenters. The molecule has 2 N–H and O–H groups in total. The lowest BCUT2D eigenvalue weighted by molar-refractivity contribution is -0.137. The molecule has 0 aliphatic rings.